The molecule has 1 aliphatic carbocycles. The highest BCUT2D eigenvalue weighted by Gasteiger charge is 2.51. The molecule has 1 atom stereocenters. The monoisotopic (exact) mass is 429 g/mol. The van der Waals surface area contributed by atoms with Gasteiger partial charge in [-0.05, 0) is 47.7 Å². The van der Waals surface area contributed by atoms with Gasteiger partial charge in [0.25, 0.3) is 5.91 Å². The zero-order valence-electron chi connectivity index (χ0n) is 17.8. The van der Waals surface area contributed by atoms with Crippen LogP contribution in [-0.4, -0.2) is 35.9 Å². The van der Waals surface area contributed by atoms with E-state index in [0.717, 1.165) is 23.6 Å². The van der Waals surface area contributed by atoms with Crippen LogP contribution in [0.5, 0.6) is 0 Å². The number of rotatable bonds is 6. The molecule has 0 unspecified atom stereocenters. The SMILES string of the molecule is CCOC(=O)CN1C(=O)[C@](O)(CC(=O)c2ccc3c4c(cccc24)CC3)c2ccccc21. The summed E-state index contributed by atoms with van der Waals surface area (Å²) in [5.41, 5.74) is 1.63. The number of para-hydroxylation sites is 1. The third-order valence-electron chi connectivity index (χ3n) is 6.43. The minimum absolute atomic E-state index is 0.191. The topological polar surface area (TPSA) is 83.9 Å². The Hall–Kier alpha value is -3.51. The lowest BCUT2D eigenvalue weighted by molar-refractivity contribution is -0.144. The Bertz CT molecular complexity index is 1270. The van der Waals surface area contributed by atoms with Crippen molar-refractivity contribution in [3.05, 3.63) is 76.9 Å². The van der Waals surface area contributed by atoms with Gasteiger partial charge in [0, 0.05) is 11.1 Å². The number of esters is 1. The fraction of sp³-hybridized carbons (Fsp3) is 0.269. The molecule has 6 heteroatoms. The Morgan fingerprint density at radius 3 is 2.56 bits per heavy atom. The van der Waals surface area contributed by atoms with Gasteiger partial charge in [-0.2, -0.15) is 0 Å². The van der Waals surface area contributed by atoms with Crippen LogP contribution < -0.4 is 4.90 Å². The highest BCUT2D eigenvalue weighted by molar-refractivity contribution is 6.15. The number of hydrogen-bond acceptors (Lipinski definition) is 5. The number of amides is 1. The molecule has 0 aromatic heterocycles. The van der Waals surface area contributed by atoms with E-state index in [4.69, 9.17) is 4.74 Å². The van der Waals surface area contributed by atoms with Crippen molar-refractivity contribution in [2.75, 3.05) is 18.1 Å². The minimum Gasteiger partial charge on any atom is -0.465 e. The van der Waals surface area contributed by atoms with E-state index < -0.39 is 23.9 Å². The average Bonchev–Trinajstić information content (AvgIpc) is 3.29. The molecule has 0 radical (unpaired) electrons. The molecule has 0 bridgehead atoms. The molecule has 1 N–H and O–H groups in total. The Kier molecular flexibility index (Phi) is 4.82. The van der Waals surface area contributed by atoms with E-state index in [0.29, 0.717) is 16.8 Å². The van der Waals surface area contributed by atoms with Crippen LogP contribution in [0.4, 0.5) is 5.69 Å². The van der Waals surface area contributed by atoms with Gasteiger partial charge in [0.1, 0.15) is 6.54 Å². The van der Waals surface area contributed by atoms with E-state index in [1.165, 1.54) is 16.0 Å². The van der Waals surface area contributed by atoms with Crippen molar-refractivity contribution in [3.63, 3.8) is 0 Å². The molecular formula is C26H23NO5. The summed E-state index contributed by atoms with van der Waals surface area (Å²) < 4.78 is 4.98. The highest BCUT2D eigenvalue weighted by Crippen LogP contribution is 2.43. The fourth-order valence-corrected chi connectivity index (χ4v) is 4.99. The van der Waals surface area contributed by atoms with Crippen LogP contribution in [0.3, 0.4) is 0 Å². The van der Waals surface area contributed by atoms with Crippen LogP contribution in [0.15, 0.2) is 54.6 Å². The molecule has 5 rings (SSSR count). The summed E-state index contributed by atoms with van der Waals surface area (Å²) in [6.07, 6.45) is 1.49. The van der Waals surface area contributed by atoms with E-state index in [1.54, 1.807) is 37.3 Å². The highest BCUT2D eigenvalue weighted by atomic mass is 16.5. The number of aryl methyl sites for hydroxylation is 2. The number of anilines is 1. The van der Waals surface area contributed by atoms with E-state index in [-0.39, 0.29) is 18.9 Å². The first-order valence-corrected chi connectivity index (χ1v) is 10.8. The number of hydrogen-bond donors (Lipinski definition) is 1. The Morgan fingerprint density at radius 1 is 1.03 bits per heavy atom. The van der Waals surface area contributed by atoms with Crippen LogP contribution in [0.1, 0.15) is 40.4 Å². The Labute approximate surface area is 185 Å². The molecule has 1 amide bonds. The Balaban J connectivity index is 1.52. The summed E-state index contributed by atoms with van der Waals surface area (Å²) in [6, 6.07) is 16.4. The van der Waals surface area contributed by atoms with Gasteiger partial charge in [0.15, 0.2) is 11.4 Å². The van der Waals surface area contributed by atoms with Crippen molar-refractivity contribution in [1.82, 2.24) is 0 Å². The molecule has 162 valence electrons. The molecular weight excluding hydrogens is 406 g/mol. The second-order valence-corrected chi connectivity index (χ2v) is 8.29. The first kappa shape index (κ1) is 20.4. The lowest BCUT2D eigenvalue weighted by Gasteiger charge is -2.22. The van der Waals surface area contributed by atoms with Crippen LogP contribution in [0.2, 0.25) is 0 Å². The smallest absolute Gasteiger partial charge is 0.326 e. The second kappa shape index (κ2) is 7.57. The van der Waals surface area contributed by atoms with Gasteiger partial charge >= 0.3 is 5.97 Å². The van der Waals surface area contributed by atoms with Crippen molar-refractivity contribution in [2.45, 2.75) is 31.8 Å². The van der Waals surface area contributed by atoms with Crippen molar-refractivity contribution < 1.29 is 24.2 Å². The summed E-state index contributed by atoms with van der Waals surface area (Å²) in [7, 11) is 0. The number of ether oxygens (including phenoxy) is 1. The van der Waals surface area contributed by atoms with Gasteiger partial charge in [0.05, 0.1) is 18.7 Å². The van der Waals surface area contributed by atoms with E-state index in [2.05, 4.69) is 6.07 Å². The summed E-state index contributed by atoms with van der Waals surface area (Å²) >= 11 is 0. The molecule has 3 aromatic carbocycles. The zero-order chi connectivity index (χ0) is 22.5. The molecule has 0 saturated heterocycles. The number of fused-ring (bicyclic) bond motifs is 1. The molecule has 0 fully saturated rings. The van der Waals surface area contributed by atoms with Crippen molar-refractivity contribution in [1.29, 1.82) is 0 Å². The number of ketones is 1. The predicted octanol–water partition coefficient (Wildman–Crippen LogP) is 3.31. The maximum absolute atomic E-state index is 13.4. The molecule has 3 aromatic rings. The number of aliphatic hydroxyl groups is 1. The van der Waals surface area contributed by atoms with E-state index in [1.807, 2.05) is 18.2 Å². The minimum atomic E-state index is -2.04. The van der Waals surface area contributed by atoms with Gasteiger partial charge in [0.2, 0.25) is 0 Å². The van der Waals surface area contributed by atoms with Crippen molar-refractivity contribution >= 4 is 34.1 Å². The third kappa shape index (κ3) is 3.02. The summed E-state index contributed by atoms with van der Waals surface area (Å²) in [5, 5.41) is 13.4. The van der Waals surface area contributed by atoms with Crippen molar-refractivity contribution in [2.24, 2.45) is 0 Å². The second-order valence-electron chi connectivity index (χ2n) is 8.29. The van der Waals surface area contributed by atoms with E-state index in [9.17, 15) is 19.5 Å². The molecule has 2 aliphatic rings. The fourth-order valence-electron chi connectivity index (χ4n) is 4.99. The lowest BCUT2D eigenvalue weighted by Crippen LogP contribution is -2.44. The molecule has 6 nitrogen and oxygen atoms in total. The molecule has 1 aliphatic heterocycles. The number of carbonyl (C=O) groups excluding carboxylic acids is 3. The van der Waals surface area contributed by atoms with Gasteiger partial charge in [-0.1, -0.05) is 48.5 Å². The van der Waals surface area contributed by atoms with Gasteiger partial charge in [-0.3, -0.25) is 19.3 Å². The number of Topliss-reactive ketones (excluding diaryl/α,β-unsaturated/α-hetero) is 1. The van der Waals surface area contributed by atoms with Crippen LogP contribution in [0, 0.1) is 0 Å². The number of carbonyl (C=O) groups is 3. The average molecular weight is 429 g/mol. The maximum Gasteiger partial charge on any atom is 0.326 e. The molecule has 0 saturated carbocycles. The largest absolute Gasteiger partial charge is 0.465 e. The lowest BCUT2D eigenvalue weighted by atomic mass is 9.86. The standard InChI is InChI=1S/C26H23NO5/c1-2-32-23(29)15-27-21-9-4-3-8-20(21)26(31,25(27)30)14-22(28)18-13-12-17-11-10-16-6-5-7-19(18)24(16)17/h3-9,12-13,31H,2,10-11,14-15H2,1H3/t26-/m0/s1. The summed E-state index contributed by atoms with van der Waals surface area (Å²) in [5.74, 6) is -1.57. The molecule has 32 heavy (non-hydrogen) atoms. The van der Waals surface area contributed by atoms with Crippen LogP contribution >= 0.6 is 0 Å². The zero-order valence-corrected chi connectivity index (χ0v) is 17.8. The molecule has 1 heterocycles. The van der Waals surface area contributed by atoms with Crippen molar-refractivity contribution in [3.8, 4) is 0 Å². The molecule has 0 spiro atoms. The summed E-state index contributed by atoms with van der Waals surface area (Å²) in [4.78, 5) is 40.0. The third-order valence-corrected chi connectivity index (χ3v) is 6.43. The van der Waals surface area contributed by atoms with Gasteiger partial charge in [-0.25, -0.2) is 0 Å². The first-order chi connectivity index (χ1) is 15.4. The maximum atomic E-state index is 13.4. The first-order valence-electron chi connectivity index (χ1n) is 10.8. The quantitative estimate of drug-likeness (QED) is 0.480. The van der Waals surface area contributed by atoms with E-state index >= 15 is 0 Å². The normalized spacial score (nSPS) is 18.8. The van der Waals surface area contributed by atoms with Gasteiger partial charge < -0.3 is 9.84 Å². The number of nitrogens with zero attached hydrogens (tertiary/aromatic N) is 1. The van der Waals surface area contributed by atoms with Crippen LogP contribution in [-0.2, 0) is 32.8 Å². The Morgan fingerprint density at radius 2 is 1.78 bits per heavy atom. The predicted molar refractivity (Wildman–Crippen MR) is 120 cm³/mol. The van der Waals surface area contributed by atoms with Gasteiger partial charge in [-0.15, -0.1) is 0 Å². The summed E-state index contributed by atoms with van der Waals surface area (Å²) in [6.45, 7) is 1.56. The van der Waals surface area contributed by atoms with Crippen LogP contribution in [0.25, 0.3) is 10.8 Å². The number of benzene rings is 3.